The van der Waals surface area contributed by atoms with Crippen LogP contribution in [0.1, 0.15) is 23.5 Å². The maximum atomic E-state index is 5.62. The van der Waals surface area contributed by atoms with E-state index in [2.05, 4.69) is 25.9 Å². The van der Waals surface area contributed by atoms with Gasteiger partial charge in [-0.1, -0.05) is 11.8 Å². The molecule has 0 saturated carbocycles. The average molecular weight is 311 g/mol. The van der Waals surface area contributed by atoms with Gasteiger partial charge in [0.05, 0.1) is 23.4 Å². The number of aromatic nitrogens is 5. The van der Waals surface area contributed by atoms with Crippen molar-refractivity contribution < 1.29 is 4.74 Å². The fraction of sp³-hybridized carbons (Fsp3) is 0.667. The number of hydrogen-bond donors (Lipinski definition) is 0. The molecule has 20 heavy (non-hydrogen) atoms. The molecule has 1 fully saturated rings. The molecule has 0 aliphatic carbocycles. The first-order valence-electron chi connectivity index (χ1n) is 6.73. The van der Waals surface area contributed by atoms with E-state index < -0.39 is 0 Å². The molecule has 0 radical (unpaired) electrons. The molecule has 0 amide bonds. The Morgan fingerprint density at radius 3 is 3.25 bits per heavy atom. The highest BCUT2D eigenvalue weighted by atomic mass is 32.2. The Kier molecular flexibility index (Phi) is 4.64. The first kappa shape index (κ1) is 14.0. The number of thioether (sulfide) groups is 1. The van der Waals surface area contributed by atoms with Crippen molar-refractivity contribution >= 4 is 23.1 Å². The van der Waals surface area contributed by atoms with Gasteiger partial charge in [-0.2, -0.15) is 0 Å². The molecule has 2 aromatic rings. The van der Waals surface area contributed by atoms with Crippen molar-refractivity contribution in [1.29, 1.82) is 0 Å². The highest BCUT2D eigenvalue weighted by Crippen LogP contribution is 2.19. The molecule has 3 rings (SSSR count). The summed E-state index contributed by atoms with van der Waals surface area (Å²) in [5.74, 6) is 0.940. The third kappa shape index (κ3) is 3.56. The minimum absolute atomic E-state index is 0.263. The van der Waals surface area contributed by atoms with Crippen LogP contribution < -0.4 is 0 Å². The summed E-state index contributed by atoms with van der Waals surface area (Å²) in [5.41, 5.74) is 1.15. The van der Waals surface area contributed by atoms with E-state index in [1.165, 1.54) is 0 Å². The van der Waals surface area contributed by atoms with Gasteiger partial charge in [-0.15, -0.1) is 16.4 Å². The van der Waals surface area contributed by atoms with Gasteiger partial charge in [0.15, 0.2) is 0 Å². The zero-order valence-corrected chi connectivity index (χ0v) is 13.0. The van der Waals surface area contributed by atoms with Gasteiger partial charge in [0.1, 0.15) is 0 Å². The fourth-order valence-electron chi connectivity index (χ4n) is 2.17. The zero-order chi connectivity index (χ0) is 13.8. The molecular formula is C12H17N5OS2. The second kappa shape index (κ2) is 6.64. The highest BCUT2D eigenvalue weighted by Gasteiger charge is 2.18. The lowest BCUT2D eigenvalue weighted by Gasteiger charge is -2.09. The predicted octanol–water partition coefficient (Wildman–Crippen LogP) is 1.95. The van der Waals surface area contributed by atoms with Gasteiger partial charge in [0, 0.05) is 24.2 Å². The maximum absolute atomic E-state index is 5.62. The van der Waals surface area contributed by atoms with Crippen LogP contribution in [0.25, 0.3) is 0 Å². The van der Waals surface area contributed by atoms with E-state index in [9.17, 15) is 0 Å². The third-order valence-electron chi connectivity index (χ3n) is 3.16. The summed E-state index contributed by atoms with van der Waals surface area (Å²) in [4.78, 5) is 4.46. The largest absolute Gasteiger partial charge is 0.376 e. The molecule has 8 heteroatoms. The molecule has 0 aromatic carbocycles. The van der Waals surface area contributed by atoms with Gasteiger partial charge in [-0.25, -0.2) is 9.67 Å². The molecule has 2 aromatic heterocycles. The SMILES string of the molecule is Cc1nc(CCSc2nnnn2C[C@@H]2CCCO2)cs1. The second-order valence-electron chi connectivity index (χ2n) is 4.73. The summed E-state index contributed by atoms with van der Waals surface area (Å²) in [6.45, 7) is 3.65. The molecule has 1 saturated heterocycles. The van der Waals surface area contributed by atoms with E-state index in [4.69, 9.17) is 4.74 Å². The van der Waals surface area contributed by atoms with Crippen LogP contribution >= 0.6 is 23.1 Å². The molecule has 1 atom stereocenters. The summed E-state index contributed by atoms with van der Waals surface area (Å²) in [5, 5.41) is 16.0. The van der Waals surface area contributed by atoms with Gasteiger partial charge in [-0.3, -0.25) is 0 Å². The van der Waals surface area contributed by atoms with E-state index in [-0.39, 0.29) is 6.10 Å². The normalized spacial score (nSPS) is 18.8. The lowest BCUT2D eigenvalue weighted by atomic mass is 10.2. The van der Waals surface area contributed by atoms with E-state index in [1.807, 2.05) is 11.6 Å². The van der Waals surface area contributed by atoms with E-state index >= 15 is 0 Å². The molecule has 0 bridgehead atoms. The molecule has 108 valence electrons. The number of tetrazole rings is 1. The van der Waals surface area contributed by atoms with Crippen LogP contribution in [0.3, 0.4) is 0 Å². The lowest BCUT2D eigenvalue weighted by Crippen LogP contribution is -2.17. The summed E-state index contributed by atoms with van der Waals surface area (Å²) in [7, 11) is 0. The Hall–Kier alpha value is -0.990. The van der Waals surface area contributed by atoms with Crippen molar-refractivity contribution in [3.05, 3.63) is 16.1 Å². The molecule has 0 spiro atoms. The molecule has 0 unspecified atom stereocenters. The van der Waals surface area contributed by atoms with Crippen molar-refractivity contribution in [2.24, 2.45) is 0 Å². The van der Waals surface area contributed by atoms with Crippen molar-refractivity contribution in [1.82, 2.24) is 25.2 Å². The molecule has 3 heterocycles. The molecule has 0 N–H and O–H groups in total. The Morgan fingerprint density at radius 2 is 2.50 bits per heavy atom. The number of ether oxygens (including phenoxy) is 1. The van der Waals surface area contributed by atoms with Crippen LogP contribution in [0.2, 0.25) is 0 Å². The van der Waals surface area contributed by atoms with Gasteiger partial charge in [-0.05, 0) is 30.2 Å². The first-order chi connectivity index (χ1) is 9.81. The van der Waals surface area contributed by atoms with E-state index in [1.54, 1.807) is 23.1 Å². The zero-order valence-electron chi connectivity index (χ0n) is 11.4. The minimum atomic E-state index is 0.263. The highest BCUT2D eigenvalue weighted by molar-refractivity contribution is 7.99. The number of aryl methyl sites for hydroxylation is 2. The molecular weight excluding hydrogens is 294 g/mol. The molecule has 6 nitrogen and oxygen atoms in total. The lowest BCUT2D eigenvalue weighted by molar-refractivity contribution is 0.0912. The average Bonchev–Trinajstić information content (AvgIpc) is 3.15. The monoisotopic (exact) mass is 311 g/mol. The van der Waals surface area contributed by atoms with Gasteiger partial charge in [0.25, 0.3) is 0 Å². The Bertz CT molecular complexity index is 550. The maximum Gasteiger partial charge on any atom is 0.209 e. The Morgan fingerprint density at radius 1 is 1.55 bits per heavy atom. The first-order valence-corrected chi connectivity index (χ1v) is 8.59. The fourth-order valence-corrected chi connectivity index (χ4v) is 3.66. The number of rotatable bonds is 6. The quantitative estimate of drug-likeness (QED) is 0.760. The summed E-state index contributed by atoms with van der Waals surface area (Å²) in [6, 6.07) is 0. The van der Waals surface area contributed by atoms with Crippen LogP contribution in [-0.2, 0) is 17.7 Å². The summed E-state index contributed by atoms with van der Waals surface area (Å²) < 4.78 is 7.48. The van der Waals surface area contributed by atoms with Gasteiger partial charge < -0.3 is 4.74 Å². The van der Waals surface area contributed by atoms with Crippen LogP contribution in [0.15, 0.2) is 10.5 Å². The Labute approximate surface area is 125 Å². The standard InChI is InChI=1S/C12H17N5OS2/c1-9-13-10(8-20-9)4-6-19-12-14-15-16-17(12)7-11-3-2-5-18-11/h8,11H,2-7H2,1H3/t11-/m0/s1. The number of hydrogen-bond acceptors (Lipinski definition) is 7. The topological polar surface area (TPSA) is 65.7 Å². The van der Waals surface area contributed by atoms with Crippen molar-refractivity contribution in [3.8, 4) is 0 Å². The third-order valence-corrected chi connectivity index (χ3v) is 4.94. The van der Waals surface area contributed by atoms with Gasteiger partial charge >= 0.3 is 0 Å². The van der Waals surface area contributed by atoms with E-state index in [0.717, 1.165) is 54.0 Å². The van der Waals surface area contributed by atoms with Crippen LogP contribution in [0.5, 0.6) is 0 Å². The summed E-state index contributed by atoms with van der Waals surface area (Å²) >= 11 is 3.37. The van der Waals surface area contributed by atoms with Crippen molar-refractivity contribution in [2.75, 3.05) is 12.4 Å². The molecule has 1 aliphatic rings. The Balaban J connectivity index is 1.51. The van der Waals surface area contributed by atoms with E-state index in [0.29, 0.717) is 0 Å². The minimum Gasteiger partial charge on any atom is -0.376 e. The second-order valence-corrected chi connectivity index (χ2v) is 6.86. The smallest absolute Gasteiger partial charge is 0.209 e. The van der Waals surface area contributed by atoms with Gasteiger partial charge in [0.2, 0.25) is 5.16 Å². The molecule has 1 aliphatic heterocycles. The van der Waals surface area contributed by atoms with Crippen LogP contribution in [-0.4, -0.2) is 43.7 Å². The van der Waals surface area contributed by atoms with Crippen LogP contribution in [0.4, 0.5) is 0 Å². The number of thiazole rings is 1. The van der Waals surface area contributed by atoms with Crippen molar-refractivity contribution in [2.45, 2.75) is 44.0 Å². The predicted molar refractivity (Wildman–Crippen MR) is 78.1 cm³/mol. The summed E-state index contributed by atoms with van der Waals surface area (Å²) in [6.07, 6.45) is 3.45. The van der Waals surface area contributed by atoms with Crippen molar-refractivity contribution in [3.63, 3.8) is 0 Å². The van der Waals surface area contributed by atoms with Crippen LogP contribution in [0, 0.1) is 6.92 Å². The number of nitrogens with zero attached hydrogens (tertiary/aromatic N) is 5.